The summed E-state index contributed by atoms with van der Waals surface area (Å²) in [5.74, 6) is -0.442. The number of nitrogens with zero attached hydrogens (tertiary/aromatic N) is 3. The molecule has 0 radical (unpaired) electrons. The summed E-state index contributed by atoms with van der Waals surface area (Å²) in [6.07, 6.45) is 3.40. The Bertz CT molecular complexity index is 1570. The summed E-state index contributed by atoms with van der Waals surface area (Å²) in [7, 11) is -4.32. The smallest absolute Gasteiger partial charge is 0.381 e. The van der Waals surface area contributed by atoms with Crippen LogP contribution in [0, 0.1) is 11.3 Å². The van der Waals surface area contributed by atoms with Crippen molar-refractivity contribution in [1.82, 2.24) is 14.8 Å². The number of carbonyl (C=O) groups excluding carboxylic acids is 2. The topological polar surface area (TPSA) is 133 Å². The molecule has 0 aliphatic heterocycles. The van der Waals surface area contributed by atoms with Crippen molar-refractivity contribution in [3.05, 3.63) is 54.7 Å². The molecule has 12 heteroatoms. The molecular formula is C26H27N4O6PS. The Kier molecular flexibility index (Phi) is 6.96. The van der Waals surface area contributed by atoms with Gasteiger partial charge in [-0.1, -0.05) is 35.6 Å². The van der Waals surface area contributed by atoms with Crippen molar-refractivity contribution < 1.29 is 28.3 Å². The number of thiazole rings is 1. The maximum atomic E-state index is 12.7. The zero-order chi connectivity index (χ0) is 27.1. The Hall–Kier alpha value is -3.37. The Balaban J connectivity index is 1.35. The summed E-state index contributed by atoms with van der Waals surface area (Å²) in [6.45, 7) is 4.36. The standard InChI is InChI=1S/C26H27N4O6PS/c1-26(2,3)24(32)35-15-36-37(33,34)21-12-13-30(29-21)18-7-4-6-17(14-18)19-8-5-9-20-22(19)38-25(27-20)28-23(31)16-10-11-16/h4-9,12-14,16H,10-11,15H2,1-3H3,(H,33,34)(H,27,28,31). The van der Waals surface area contributed by atoms with Crippen molar-refractivity contribution in [2.24, 2.45) is 11.3 Å². The SMILES string of the molecule is CC(C)(C)C(=O)OCOP(=O)(O)c1ccn(-c2cccc(-c3cccc4nc(NC(=O)C5CC5)sc34)c2)n1. The molecule has 0 saturated heterocycles. The van der Waals surface area contributed by atoms with Crippen molar-refractivity contribution in [2.75, 3.05) is 12.1 Å². The van der Waals surface area contributed by atoms with E-state index in [2.05, 4.69) is 15.4 Å². The molecule has 1 saturated carbocycles. The number of ether oxygens (including phenoxy) is 1. The number of amides is 1. The molecule has 0 spiro atoms. The number of benzene rings is 2. The van der Waals surface area contributed by atoms with Gasteiger partial charge < -0.3 is 14.9 Å². The van der Waals surface area contributed by atoms with Gasteiger partial charge in [0.05, 0.1) is 21.3 Å². The summed E-state index contributed by atoms with van der Waals surface area (Å²) in [5, 5.41) is 7.73. The van der Waals surface area contributed by atoms with Crippen molar-refractivity contribution >= 4 is 51.6 Å². The molecule has 2 aromatic carbocycles. The van der Waals surface area contributed by atoms with Crippen molar-refractivity contribution in [1.29, 1.82) is 0 Å². The van der Waals surface area contributed by atoms with Crippen LogP contribution in [-0.2, 0) is 23.4 Å². The molecule has 38 heavy (non-hydrogen) atoms. The third-order valence-electron chi connectivity index (χ3n) is 5.91. The Morgan fingerprint density at radius 3 is 2.68 bits per heavy atom. The van der Waals surface area contributed by atoms with Gasteiger partial charge in [0, 0.05) is 17.7 Å². The Labute approximate surface area is 223 Å². The van der Waals surface area contributed by atoms with Crippen LogP contribution < -0.4 is 10.8 Å². The van der Waals surface area contributed by atoms with Gasteiger partial charge in [-0.15, -0.1) is 0 Å². The molecule has 1 aliphatic rings. The first-order chi connectivity index (χ1) is 18.0. The van der Waals surface area contributed by atoms with Crippen LogP contribution in [0.5, 0.6) is 0 Å². The molecule has 1 fully saturated rings. The van der Waals surface area contributed by atoms with Crippen LogP contribution in [0.2, 0.25) is 0 Å². The minimum Gasteiger partial charge on any atom is -0.438 e. The molecule has 198 valence electrons. The number of carbonyl (C=O) groups is 2. The fraction of sp³-hybridized carbons (Fsp3) is 0.308. The number of rotatable bonds is 8. The first-order valence-corrected chi connectivity index (χ1v) is 14.4. The third kappa shape index (κ3) is 5.71. The Morgan fingerprint density at radius 2 is 1.95 bits per heavy atom. The van der Waals surface area contributed by atoms with Crippen molar-refractivity contribution in [3.8, 4) is 16.8 Å². The normalized spacial score (nSPS) is 15.3. The van der Waals surface area contributed by atoms with E-state index in [9.17, 15) is 19.0 Å². The lowest BCUT2D eigenvalue weighted by molar-refractivity contribution is -0.159. The molecule has 2 N–H and O–H groups in total. The molecule has 4 aromatic rings. The number of anilines is 1. The highest BCUT2D eigenvalue weighted by molar-refractivity contribution is 7.60. The summed E-state index contributed by atoms with van der Waals surface area (Å²) in [6, 6.07) is 14.7. The van der Waals surface area contributed by atoms with E-state index in [0.29, 0.717) is 10.8 Å². The summed E-state index contributed by atoms with van der Waals surface area (Å²) in [4.78, 5) is 39.0. The van der Waals surface area contributed by atoms with Crippen LogP contribution in [0.15, 0.2) is 54.7 Å². The zero-order valence-electron chi connectivity index (χ0n) is 21.1. The predicted molar refractivity (Wildman–Crippen MR) is 144 cm³/mol. The minimum absolute atomic E-state index is 0.0135. The number of fused-ring (bicyclic) bond motifs is 1. The lowest BCUT2D eigenvalue weighted by Crippen LogP contribution is -2.24. The molecule has 10 nitrogen and oxygen atoms in total. The largest absolute Gasteiger partial charge is 0.438 e. The summed E-state index contributed by atoms with van der Waals surface area (Å²) >= 11 is 1.42. The van der Waals surface area contributed by atoms with Crippen LogP contribution in [0.3, 0.4) is 0 Å². The van der Waals surface area contributed by atoms with Gasteiger partial charge in [-0.05, 0) is 63.4 Å². The lowest BCUT2D eigenvalue weighted by atomic mass is 9.98. The van der Waals surface area contributed by atoms with Crippen LogP contribution in [-0.4, -0.2) is 38.3 Å². The van der Waals surface area contributed by atoms with Gasteiger partial charge in [0.25, 0.3) is 0 Å². The first kappa shape index (κ1) is 26.2. The second-order valence-electron chi connectivity index (χ2n) is 10.1. The van der Waals surface area contributed by atoms with E-state index in [4.69, 9.17) is 9.26 Å². The maximum absolute atomic E-state index is 12.7. The molecule has 5 rings (SSSR count). The molecule has 2 aromatic heterocycles. The highest BCUT2D eigenvalue weighted by Crippen LogP contribution is 2.40. The van der Waals surface area contributed by atoms with Gasteiger partial charge >= 0.3 is 13.6 Å². The monoisotopic (exact) mass is 554 g/mol. The molecule has 1 atom stereocenters. The average molecular weight is 555 g/mol. The predicted octanol–water partition coefficient (Wildman–Crippen LogP) is 4.87. The molecule has 1 unspecified atom stereocenters. The molecule has 0 bridgehead atoms. The fourth-order valence-corrected chi connectivity index (χ4v) is 5.44. The number of esters is 1. The number of hydrogen-bond acceptors (Lipinski definition) is 8. The van der Waals surface area contributed by atoms with Gasteiger partial charge in [0.15, 0.2) is 10.6 Å². The van der Waals surface area contributed by atoms with Crippen molar-refractivity contribution in [3.63, 3.8) is 0 Å². The van der Waals surface area contributed by atoms with Gasteiger partial charge in [0.1, 0.15) is 0 Å². The molecular weight excluding hydrogens is 527 g/mol. The number of hydrogen-bond donors (Lipinski definition) is 2. The van der Waals surface area contributed by atoms with Gasteiger partial charge in [0.2, 0.25) is 12.7 Å². The quantitative estimate of drug-likeness (QED) is 0.179. The second kappa shape index (κ2) is 10.1. The second-order valence-corrected chi connectivity index (χ2v) is 12.8. The van der Waals surface area contributed by atoms with Crippen molar-refractivity contribution in [2.45, 2.75) is 33.6 Å². The first-order valence-electron chi connectivity index (χ1n) is 12.0. The molecule has 1 aliphatic carbocycles. The number of nitrogens with one attached hydrogen (secondary N) is 1. The highest BCUT2D eigenvalue weighted by atomic mass is 32.1. The van der Waals surface area contributed by atoms with E-state index in [1.807, 2.05) is 42.5 Å². The zero-order valence-corrected chi connectivity index (χ0v) is 22.8. The average Bonchev–Trinajstić information content (AvgIpc) is 3.44. The van der Waals surface area contributed by atoms with E-state index in [0.717, 1.165) is 34.2 Å². The van der Waals surface area contributed by atoms with Crippen LogP contribution in [0.4, 0.5) is 5.13 Å². The minimum atomic E-state index is -4.32. The fourth-order valence-electron chi connectivity index (χ4n) is 3.64. The van der Waals surface area contributed by atoms with Crippen LogP contribution >= 0.6 is 18.9 Å². The van der Waals surface area contributed by atoms with Gasteiger partial charge in [-0.25, -0.2) is 9.67 Å². The Morgan fingerprint density at radius 1 is 1.18 bits per heavy atom. The van der Waals surface area contributed by atoms with Crippen LogP contribution in [0.1, 0.15) is 33.6 Å². The van der Waals surface area contributed by atoms with E-state index in [1.54, 1.807) is 27.0 Å². The molecule has 2 heterocycles. The lowest BCUT2D eigenvalue weighted by Gasteiger charge is -2.17. The maximum Gasteiger partial charge on any atom is 0.381 e. The van der Waals surface area contributed by atoms with E-state index in [-0.39, 0.29) is 17.3 Å². The van der Waals surface area contributed by atoms with Gasteiger partial charge in [-0.2, -0.15) is 5.10 Å². The third-order valence-corrected chi connectivity index (χ3v) is 8.20. The summed E-state index contributed by atoms with van der Waals surface area (Å²) in [5.41, 5.74) is 2.36. The highest BCUT2D eigenvalue weighted by Gasteiger charge is 2.31. The van der Waals surface area contributed by atoms with Gasteiger partial charge in [-0.3, -0.25) is 18.7 Å². The number of aromatic nitrogens is 3. The molecule has 1 amide bonds. The summed E-state index contributed by atoms with van der Waals surface area (Å²) < 4.78 is 25.0. The van der Waals surface area contributed by atoms with Crippen LogP contribution in [0.25, 0.3) is 27.0 Å². The van der Waals surface area contributed by atoms with E-state index < -0.39 is 25.8 Å². The van der Waals surface area contributed by atoms with E-state index >= 15 is 0 Å². The van der Waals surface area contributed by atoms with E-state index in [1.165, 1.54) is 22.1 Å².